The maximum atomic E-state index is 12.1. The van der Waals surface area contributed by atoms with Gasteiger partial charge in [-0.15, -0.1) is 0 Å². The Kier molecular flexibility index (Phi) is 15.7. The lowest BCUT2D eigenvalue weighted by molar-refractivity contribution is -0.389. The fourth-order valence-electron chi connectivity index (χ4n) is 8.87. The van der Waals surface area contributed by atoms with Crippen LogP contribution in [0.25, 0.3) is 0 Å². The molecule has 16 nitrogen and oxygen atoms in total. The highest BCUT2D eigenvalue weighted by Crippen LogP contribution is 2.38. The predicted molar refractivity (Wildman–Crippen MR) is 223 cm³/mol. The molecule has 0 unspecified atom stereocenters. The lowest BCUT2D eigenvalue weighted by Crippen LogP contribution is -2.47. The summed E-state index contributed by atoms with van der Waals surface area (Å²) in [7, 11) is 0. The minimum absolute atomic E-state index is 0.0863. The first-order valence-corrected chi connectivity index (χ1v) is 21.3. The van der Waals surface area contributed by atoms with Gasteiger partial charge < -0.3 is 55.3 Å². The quantitative estimate of drug-likeness (QED) is 0.198. The van der Waals surface area contributed by atoms with E-state index in [-0.39, 0.29) is 22.8 Å². The number of nitrogens with zero attached hydrogens (tertiary/aromatic N) is 7. The van der Waals surface area contributed by atoms with E-state index in [0.29, 0.717) is 11.4 Å². The summed E-state index contributed by atoms with van der Waals surface area (Å²) in [5, 5.41) is 23.9. The lowest BCUT2D eigenvalue weighted by Gasteiger charge is -2.44. The second-order valence-electron chi connectivity index (χ2n) is 16.4. The van der Waals surface area contributed by atoms with Crippen LogP contribution in [-0.4, -0.2) is 101 Å². The van der Waals surface area contributed by atoms with Gasteiger partial charge in [-0.3, -0.25) is 0 Å². The number of hydrogen-bond donors (Lipinski definition) is 2. The molecule has 0 radical (unpaired) electrons. The Morgan fingerprint density at radius 2 is 1.00 bits per heavy atom. The fourth-order valence-corrected chi connectivity index (χ4v) is 8.87. The van der Waals surface area contributed by atoms with Gasteiger partial charge in [0, 0.05) is 58.1 Å². The molecule has 6 fully saturated rings. The highest BCUT2D eigenvalue weighted by molar-refractivity contribution is 5.49. The highest BCUT2D eigenvalue weighted by Gasteiger charge is 2.38. The van der Waals surface area contributed by atoms with Crippen molar-refractivity contribution in [3.63, 3.8) is 0 Å². The Labute approximate surface area is 345 Å². The van der Waals surface area contributed by atoms with Crippen LogP contribution in [0.3, 0.4) is 0 Å². The number of halogens is 1. The number of piperidine rings is 3. The van der Waals surface area contributed by atoms with Crippen LogP contribution >= 0.6 is 0 Å². The van der Waals surface area contributed by atoms with Crippen LogP contribution < -0.4 is 20.9 Å². The summed E-state index contributed by atoms with van der Waals surface area (Å²) in [4.78, 5) is 35.3. The summed E-state index contributed by atoms with van der Waals surface area (Å²) in [5.74, 6) is -0.437. The number of ether oxygens (including phenoxy) is 3. The van der Waals surface area contributed by atoms with Crippen molar-refractivity contribution in [1.82, 2.24) is 20.3 Å². The van der Waals surface area contributed by atoms with Crippen molar-refractivity contribution in [2.24, 2.45) is 0 Å². The summed E-state index contributed by atoms with van der Waals surface area (Å²) in [6.07, 6.45) is 22.4. The SMILES string of the molecule is C1CCC2(CCNCC2)OC1.Nc1ccc(N2CCC3(CCCCO3)CC2)cn1.O=[N+]([O-])c1ccc(F)cn1.O=[N+]([O-])c1ccc(N2CCC3(CCCCO3)CC2)cn1. The number of aromatic nitrogens is 3. The van der Waals surface area contributed by atoms with E-state index in [2.05, 4.69) is 36.1 Å². The normalized spacial score (nSPS) is 21.8. The third-order valence-electron chi connectivity index (χ3n) is 12.5. The van der Waals surface area contributed by atoms with E-state index in [4.69, 9.17) is 19.9 Å². The molecule has 9 rings (SSSR count). The minimum atomic E-state index is -0.681. The van der Waals surface area contributed by atoms with Crippen LogP contribution in [0, 0.1) is 26.0 Å². The maximum absolute atomic E-state index is 12.1. The van der Waals surface area contributed by atoms with Crippen molar-refractivity contribution in [3.05, 3.63) is 81.0 Å². The van der Waals surface area contributed by atoms with Crippen molar-refractivity contribution in [1.29, 1.82) is 0 Å². The minimum Gasteiger partial charge on any atom is -0.384 e. The van der Waals surface area contributed by atoms with Crippen molar-refractivity contribution in [2.45, 2.75) is 113 Å². The van der Waals surface area contributed by atoms with Gasteiger partial charge in [-0.2, -0.15) is 0 Å². The third-order valence-corrected chi connectivity index (χ3v) is 12.5. The van der Waals surface area contributed by atoms with Crippen LogP contribution in [-0.2, 0) is 14.2 Å². The molecular weight excluding hydrogens is 762 g/mol. The summed E-state index contributed by atoms with van der Waals surface area (Å²) in [5.41, 5.74) is 8.31. The molecule has 3 aromatic heterocycles. The van der Waals surface area contributed by atoms with Gasteiger partial charge in [0.25, 0.3) is 0 Å². The Hall–Kier alpha value is -4.58. The van der Waals surface area contributed by atoms with E-state index in [9.17, 15) is 24.6 Å². The van der Waals surface area contributed by atoms with Crippen LogP contribution in [0.5, 0.6) is 0 Å². The molecule has 0 aliphatic carbocycles. The monoisotopic (exact) mass is 821 g/mol. The number of nitrogens with one attached hydrogen (secondary N) is 1. The zero-order valence-corrected chi connectivity index (χ0v) is 34.1. The van der Waals surface area contributed by atoms with Gasteiger partial charge in [0.15, 0.2) is 18.2 Å². The molecule has 3 spiro atoms. The maximum Gasteiger partial charge on any atom is 0.363 e. The molecule has 6 aliphatic heterocycles. The molecule has 0 bridgehead atoms. The predicted octanol–water partition coefficient (Wildman–Crippen LogP) is 7.17. The molecular formula is C42H60FN9O7. The van der Waals surface area contributed by atoms with Gasteiger partial charge in [0.2, 0.25) is 0 Å². The van der Waals surface area contributed by atoms with E-state index in [0.717, 1.165) is 109 Å². The molecule has 6 aliphatic rings. The van der Waals surface area contributed by atoms with Gasteiger partial charge in [-0.1, -0.05) is 0 Å². The smallest absolute Gasteiger partial charge is 0.363 e. The average Bonchev–Trinajstić information content (AvgIpc) is 3.27. The van der Waals surface area contributed by atoms with Gasteiger partial charge in [-0.25, -0.2) is 9.37 Å². The molecule has 6 saturated heterocycles. The fraction of sp³-hybridized carbons (Fsp3) is 0.643. The summed E-state index contributed by atoms with van der Waals surface area (Å²) < 4.78 is 30.0. The number of rotatable bonds is 4. The zero-order valence-electron chi connectivity index (χ0n) is 34.1. The second-order valence-corrected chi connectivity index (χ2v) is 16.4. The molecule has 9 heterocycles. The second kappa shape index (κ2) is 21.1. The van der Waals surface area contributed by atoms with Crippen molar-refractivity contribution in [3.8, 4) is 0 Å². The topological polar surface area (TPSA) is 197 Å². The Balaban J connectivity index is 0.000000138. The molecule has 0 aromatic carbocycles. The molecule has 0 atom stereocenters. The summed E-state index contributed by atoms with van der Waals surface area (Å²) in [6, 6.07) is 9.18. The van der Waals surface area contributed by atoms with E-state index in [1.54, 1.807) is 12.3 Å². The van der Waals surface area contributed by atoms with E-state index in [1.165, 1.54) is 82.4 Å². The first-order chi connectivity index (χ1) is 28.6. The number of hydrogen-bond acceptors (Lipinski definition) is 14. The highest BCUT2D eigenvalue weighted by atomic mass is 19.1. The Morgan fingerprint density at radius 3 is 1.36 bits per heavy atom. The van der Waals surface area contributed by atoms with Crippen molar-refractivity contribution < 1.29 is 28.4 Å². The van der Waals surface area contributed by atoms with Gasteiger partial charge >= 0.3 is 11.6 Å². The molecule has 322 valence electrons. The van der Waals surface area contributed by atoms with Crippen LogP contribution in [0.15, 0.2) is 55.0 Å². The summed E-state index contributed by atoms with van der Waals surface area (Å²) in [6.45, 7) is 9.12. The Bertz CT molecular complexity index is 1710. The van der Waals surface area contributed by atoms with Crippen LogP contribution in [0.2, 0.25) is 0 Å². The largest absolute Gasteiger partial charge is 0.384 e. The number of nitrogen functional groups attached to an aromatic ring is 1. The first kappa shape index (κ1) is 44.0. The Morgan fingerprint density at radius 1 is 0.576 bits per heavy atom. The molecule has 17 heteroatoms. The molecule has 59 heavy (non-hydrogen) atoms. The van der Waals surface area contributed by atoms with Crippen molar-refractivity contribution in [2.75, 3.05) is 74.6 Å². The molecule has 3 N–H and O–H groups in total. The van der Waals surface area contributed by atoms with Crippen LogP contribution in [0.4, 0.5) is 33.2 Å². The van der Waals surface area contributed by atoms with E-state index < -0.39 is 15.7 Å². The molecule has 0 amide bonds. The average molecular weight is 822 g/mol. The van der Waals surface area contributed by atoms with Gasteiger partial charge in [0.1, 0.15) is 5.82 Å². The number of pyridine rings is 3. The third kappa shape index (κ3) is 12.7. The standard InChI is InChI=1S/C14H19N3O3.C14H21N3O.C9H17NO.C5H3FN2O2/c18-17(19)13-4-3-12(11-15-13)16-8-6-14(7-9-16)5-1-2-10-20-14;15-13-4-3-12(11-16-13)17-8-6-14(7-9-17)5-1-2-10-18-14;1-2-8-11-9(3-1)4-6-10-7-5-9;6-4-1-2-5(7-3-4)8(9)10/h3-4,11H,1-2,5-10H2;3-4,11H,1-2,5-10H2,(H2,15,16);10H,1-8H2;1-3H. The number of anilines is 3. The number of nitro groups is 2. The van der Waals surface area contributed by atoms with Gasteiger partial charge in [0.05, 0.1) is 34.4 Å². The van der Waals surface area contributed by atoms with Crippen LogP contribution in [0.1, 0.15) is 96.3 Å². The van der Waals surface area contributed by atoms with E-state index >= 15 is 0 Å². The number of nitrogens with two attached hydrogens (primary N) is 1. The zero-order chi connectivity index (χ0) is 41.6. The molecule has 0 saturated carbocycles. The molecule has 3 aromatic rings. The van der Waals surface area contributed by atoms with Crippen molar-refractivity contribution >= 4 is 28.8 Å². The summed E-state index contributed by atoms with van der Waals surface area (Å²) >= 11 is 0. The van der Waals surface area contributed by atoms with Gasteiger partial charge in [-0.05, 0) is 153 Å². The first-order valence-electron chi connectivity index (χ1n) is 21.3. The lowest BCUT2D eigenvalue weighted by atomic mass is 9.84. The van der Waals surface area contributed by atoms with E-state index in [1.807, 2.05) is 12.3 Å².